The van der Waals surface area contributed by atoms with Crippen LogP contribution >= 0.6 is 0 Å². The molecule has 6 nitrogen and oxygen atoms in total. The maximum absolute atomic E-state index is 12.9. The van der Waals surface area contributed by atoms with Gasteiger partial charge in [-0.25, -0.2) is 4.79 Å². The summed E-state index contributed by atoms with van der Waals surface area (Å²) in [5, 5.41) is 9.98. The van der Waals surface area contributed by atoms with E-state index >= 15 is 0 Å². The number of phenols is 1. The molecule has 1 saturated heterocycles. The van der Waals surface area contributed by atoms with Gasteiger partial charge in [-0.1, -0.05) is 18.2 Å². The molecular formula is C19H21NO5. The first kappa shape index (κ1) is 17.2. The fraction of sp³-hybridized carbons (Fsp3) is 0.368. The van der Waals surface area contributed by atoms with Crippen LogP contribution in [-0.4, -0.2) is 48.2 Å². The van der Waals surface area contributed by atoms with Crippen LogP contribution in [0.1, 0.15) is 25.3 Å². The number of para-hydroxylation sites is 1. The molecule has 1 atom stereocenters. The number of carbonyl (C=O) groups excluding carboxylic acids is 2. The van der Waals surface area contributed by atoms with Crippen LogP contribution in [0.4, 0.5) is 0 Å². The molecular weight excluding hydrogens is 322 g/mol. The smallest absolute Gasteiger partial charge is 0.340 e. The van der Waals surface area contributed by atoms with Gasteiger partial charge in [0.2, 0.25) is 0 Å². The van der Waals surface area contributed by atoms with Crippen LogP contribution in [0.3, 0.4) is 0 Å². The molecule has 0 saturated carbocycles. The highest BCUT2D eigenvalue weighted by Gasteiger charge is 2.38. The predicted molar refractivity (Wildman–Crippen MR) is 91.5 cm³/mol. The summed E-state index contributed by atoms with van der Waals surface area (Å²) in [7, 11) is 1.29. The van der Waals surface area contributed by atoms with Crippen molar-refractivity contribution in [1.82, 2.24) is 4.90 Å². The van der Waals surface area contributed by atoms with Crippen molar-refractivity contribution in [3.63, 3.8) is 0 Å². The highest BCUT2D eigenvalue weighted by molar-refractivity contribution is 6.16. The summed E-state index contributed by atoms with van der Waals surface area (Å²) in [5.41, 5.74) is 1.48. The Morgan fingerprint density at radius 2 is 2.20 bits per heavy atom. The van der Waals surface area contributed by atoms with Gasteiger partial charge in [0.25, 0.3) is 5.91 Å². The molecule has 0 radical (unpaired) electrons. The average molecular weight is 343 g/mol. The highest BCUT2D eigenvalue weighted by atomic mass is 16.5. The van der Waals surface area contributed by atoms with Crippen LogP contribution < -0.4 is 0 Å². The number of carbonyl (C=O) groups is 2. The van der Waals surface area contributed by atoms with Crippen LogP contribution in [-0.2, 0) is 19.1 Å². The molecule has 0 bridgehead atoms. The number of hydrogen-bond acceptors (Lipinski definition) is 5. The summed E-state index contributed by atoms with van der Waals surface area (Å²) < 4.78 is 10.5. The second-order valence-electron chi connectivity index (χ2n) is 6.12. The fourth-order valence-electron chi connectivity index (χ4n) is 3.21. The van der Waals surface area contributed by atoms with Crippen molar-refractivity contribution in [3.05, 3.63) is 46.7 Å². The van der Waals surface area contributed by atoms with E-state index in [2.05, 4.69) is 0 Å². The quantitative estimate of drug-likeness (QED) is 0.670. The number of hydrogen-bond donors (Lipinski definition) is 1. The summed E-state index contributed by atoms with van der Waals surface area (Å²) in [6, 6.07) is 6.66. The summed E-state index contributed by atoms with van der Waals surface area (Å²) in [6.45, 7) is 2.83. The Labute approximate surface area is 146 Å². The van der Waals surface area contributed by atoms with E-state index in [9.17, 15) is 14.7 Å². The van der Waals surface area contributed by atoms with Crippen molar-refractivity contribution in [1.29, 1.82) is 0 Å². The average Bonchev–Trinajstić information content (AvgIpc) is 3.19. The number of amides is 1. The van der Waals surface area contributed by atoms with Gasteiger partial charge >= 0.3 is 5.97 Å². The topological polar surface area (TPSA) is 76.1 Å². The molecule has 0 spiro atoms. The summed E-state index contributed by atoms with van der Waals surface area (Å²) >= 11 is 0. The molecule has 1 amide bonds. The zero-order chi connectivity index (χ0) is 18.0. The van der Waals surface area contributed by atoms with Gasteiger partial charge in [0.15, 0.2) is 0 Å². The lowest BCUT2D eigenvalue weighted by molar-refractivity contribution is -0.136. The number of allylic oxidation sites excluding steroid dienone is 1. The van der Waals surface area contributed by atoms with Crippen molar-refractivity contribution in [2.45, 2.75) is 25.9 Å². The zero-order valence-corrected chi connectivity index (χ0v) is 14.3. The molecule has 132 valence electrons. The first-order valence-electron chi connectivity index (χ1n) is 8.25. The van der Waals surface area contributed by atoms with Gasteiger partial charge in [0.05, 0.1) is 30.9 Å². The zero-order valence-electron chi connectivity index (χ0n) is 14.3. The van der Waals surface area contributed by atoms with Gasteiger partial charge < -0.3 is 19.5 Å². The Kier molecular flexibility index (Phi) is 4.90. The van der Waals surface area contributed by atoms with E-state index < -0.39 is 5.97 Å². The number of benzene rings is 1. The van der Waals surface area contributed by atoms with E-state index in [0.717, 1.165) is 12.8 Å². The molecule has 1 fully saturated rings. The SMILES string of the molecule is COC(=O)C1=C(C)N(C[C@H]2CCCO2)C(=O)/C1=C\c1ccccc1O. The molecule has 2 aliphatic heterocycles. The minimum atomic E-state index is -0.567. The molecule has 3 rings (SSSR count). The first-order valence-corrected chi connectivity index (χ1v) is 8.25. The Balaban J connectivity index is 2.00. The molecule has 6 heteroatoms. The monoisotopic (exact) mass is 343 g/mol. The van der Waals surface area contributed by atoms with Crippen molar-refractivity contribution in [2.75, 3.05) is 20.3 Å². The van der Waals surface area contributed by atoms with Gasteiger partial charge in [0, 0.05) is 17.9 Å². The lowest BCUT2D eigenvalue weighted by Crippen LogP contribution is -2.33. The summed E-state index contributed by atoms with van der Waals surface area (Å²) in [4.78, 5) is 26.7. The first-order chi connectivity index (χ1) is 12.0. The lowest BCUT2D eigenvalue weighted by Gasteiger charge is -2.21. The predicted octanol–water partition coefficient (Wildman–Crippen LogP) is 2.24. The van der Waals surface area contributed by atoms with E-state index in [0.29, 0.717) is 24.4 Å². The number of methoxy groups -OCH3 is 1. The van der Waals surface area contributed by atoms with Crippen LogP contribution in [0, 0.1) is 0 Å². The maximum Gasteiger partial charge on any atom is 0.340 e. The molecule has 1 N–H and O–H groups in total. The summed E-state index contributed by atoms with van der Waals surface area (Å²) in [5.74, 6) is -0.804. The second-order valence-corrected chi connectivity index (χ2v) is 6.12. The van der Waals surface area contributed by atoms with Gasteiger partial charge in [0.1, 0.15) is 5.75 Å². The lowest BCUT2D eigenvalue weighted by atomic mass is 10.0. The Hall–Kier alpha value is -2.60. The third-order valence-electron chi connectivity index (χ3n) is 4.55. The van der Waals surface area contributed by atoms with Crippen LogP contribution in [0.2, 0.25) is 0 Å². The molecule has 2 aliphatic rings. The van der Waals surface area contributed by atoms with Crippen molar-refractivity contribution in [3.8, 4) is 5.75 Å². The van der Waals surface area contributed by atoms with E-state index in [-0.39, 0.29) is 28.9 Å². The third kappa shape index (κ3) is 3.30. The van der Waals surface area contributed by atoms with Gasteiger partial charge in [-0.05, 0) is 31.9 Å². The molecule has 0 aromatic heterocycles. The van der Waals surface area contributed by atoms with E-state index in [4.69, 9.17) is 9.47 Å². The molecule has 1 aromatic rings. The molecule has 0 unspecified atom stereocenters. The molecule has 0 aliphatic carbocycles. The van der Waals surface area contributed by atoms with Crippen LogP contribution in [0.5, 0.6) is 5.75 Å². The normalized spacial score (nSPS) is 22.2. The Bertz CT molecular complexity index is 759. The maximum atomic E-state index is 12.9. The van der Waals surface area contributed by atoms with Gasteiger partial charge in [-0.3, -0.25) is 4.79 Å². The minimum Gasteiger partial charge on any atom is -0.507 e. The van der Waals surface area contributed by atoms with Gasteiger partial charge in [-0.15, -0.1) is 0 Å². The van der Waals surface area contributed by atoms with Crippen LogP contribution in [0.15, 0.2) is 41.1 Å². The minimum absolute atomic E-state index is 0.0257. The van der Waals surface area contributed by atoms with Crippen molar-refractivity contribution in [2.24, 2.45) is 0 Å². The van der Waals surface area contributed by atoms with Crippen LogP contribution in [0.25, 0.3) is 6.08 Å². The van der Waals surface area contributed by atoms with E-state index in [1.54, 1.807) is 30.0 Å². The fourth-order valence-corrected chi connectivity index (χ4v) is 3.21. The molecule has 2 heterocycles. The third-order valence-corrected chi connectivity index (χ3v) is 4.55. The van der Waals surface area contributed by atoms with Crippen molar-refractivity contribution < 1.29 is 24.2 Å². The Morgan fingerprint density at radius 1 is 1.44 bits per heavy atom. The number of nitrogens with zero attached hydrogens (tertiary/aromatic N) is 1. The number of phenolic OH excluding ortho intramolecular Hbond substituents is 1. The number of aromatic hydroxyl groups is 1. The molecule has 1 aromatic carbocycles. The Morgan fingerprint density at radius 3 is 2.84 bits per heavy atom. The number of rotatable bonds is 4. The van der Waals surface area contributed by atoms with E-state index in [1.165, 1.54) is 19.3 Å². The standard InChI is InChI=1S/C19H21NO5/c1-12-17(19(23)24-2)15(10-13-6-3-4-8-16(13)21)18(22)20(12)11-14-7-5-9-25-14/h3-4,6,8,10,14,21H,5,7,9,11H2,1-2H3/b15-10-/t14-/m1/s1. The largest absolute Gasteiger partial charge is 0.507 e. The number of ether oxygens (including phenoxy) is 2. The molecule has 25 heavy (non-hydrogen) atoms. The summed E-state index contributed by atoms with van der Waals surface area (Å²) in [6.07, 6.45) is 3.37. The van der Waals surface area contributed by atoms with Gasteiger partial charge in [-0.2, -0.15) is 0 Å². The van der Waals surface area contributed by atoms with E-state index in [1.807, 2.05) is 0 Å². The highest BCUT2D eigenvalue weighted by Crippen LogP contribution is 2.33. The second kappa shape index (κ2) is 7.11. The van der Waals surface area contributed by atoms with Crippen molar-refractivity contribution >= 4 is 18.0 Å². The number of esters is 1.